The Kier molecular flexibility index (Phi) is 4.27. The van der Waals surface area contributed by atoms with Crippen molar-refractivity contribution in [3.63, 3.8) is 0 Å². The Morgan fingerprint density at radius 3 is 2.75 bits per heavy atom. The first-order chi connectivity index (χ1) is 13.3. The highest BCUT2D eigenvalue weighted by Gasteiger charge is 2.26. The van der Waals surface area contributed by atoms with Crippen molar-refractivity contribution < 1.29 is 9.53 Å². The van der Waals surface area contributed by atoms with E-state index in [1.807, 2.05) is 39.0 Å². The molecule has 1 aliphatic rings. The van der Waals surface area contributed by atoms with Crippen LogP contribution in [0.15, 0.2) is 36.7 Å². The monoisotopic (exact) mass is 375 g/mol. The molecule has 0 amide bonds. The standard InChI is InChI=1S/C21H21N5O2/c1-21(2,3)28-20(27)16-12-23-18(9-17(16)25-14-4-5-14)19-7-6-15-8-13(10-22)11-24-26(15)19/h6-9,11-12,14H,4-5H2,1-3H3,(H,23,25). The second-order valence-electron chi connectivity index (χ2n) is 7.95. The van der Waals surface area contributed by atoms with E-state index in [1.165, 1.54) is 6.20 Å². The maximum Gasteiger partial charge on any atom is 0.342 e. The van der Waals surface area contributed by atoms with E-state index in [4.69, 9.17) is 10.00 Å². The van der Waals surface area contributed by atoms with Gasteiger partial charge in [0.15, 0.2) is 0 Å². The van der Waals surface area contributed by atoms with Crippen LogP contribution in [0.25, 0.3) is 16.9 Å². The van der Waals surface area contributed by atoms with Crippen molar-refractivity contribution in [1.82, 2.24) is 14.6 Å². The number of carbonyl (C=O) groups is 1. The molecule has 0 spiro atoms. The van der Waals surface area contributed by atoms with Crippen LogP contribution < -0.4 is 5.32 Å². The van der Waals surface area contributed by atoms with E-state index in [-0.39, 0.29) is 0 Å². The lowest BCUT2D eigenvalue weighted by molar-refractivity contribution is 0.00703. The van der Waals surface area contributed by atoms with Crippen LogP contribution in [0.1, 0.15) is 49.5 Å². The van der Waals surface area contributed by atoms with Crippen LogP contribution in [0.5, 0.6) is 0 Å². The number of fused-ring (bicyclic) bond motifs is 1. The van der Waals surface area contributed by atoms with Crippen LogP contribution in [0, 0.1) is 11.3 Å². The van der Waals surface area contributed by atoms with Gasteiger partial charge in [-0.15, -0.1) is 0 Å². The second kappa shape index (κ2) is 6.64. The minimum absolute atomic E-state index is 0.372. The molecule has 1 saturated carbocycles. The maximum absolute atomic E-state index is 12.6. The van der Waals surface area contributed by atoms with Crippen LogP contribution in [-0.2, 0) is 4.74 Å². The lowest BCUT2D eigenvalue weighted by atomic mass is 10.1. The number of anilines is 1. The molecule has 1 aliphatic carbocycles. The van der Waals surface area contributed by atoms with Gasteiger partial charge in [-0.05, 0) is 57.9 Å². The van der Waals surface area contributed by atoms with Crippen molar-refractivity contribution in [3.05, 3.63) is 47.8 Å². The average molecular weight is 375 g/mol. The van der Waals surface area contributed by atoms with Crippen molar-refractivity contribution in [2.45, 2.75) is 45.3 Å². The minimum atomic E-state index is -0.577. The van der Waals surface area contributed by atoms with Crippen LogP contribution >= 0.6 is 0 Å². The normalized spacial score (nSPS) is 13.9. The number of aromatic nitrogens is 3. The van der Waals surface area contributed by atoms with Gasteiger partial charge >= 0.3 is 5.97 Å². The zero-order valence-electron chi connectivity index (χ0n) is 16.1. The van der Waals surface area contributed by atoms with Crippen LogP contribution in [-0.4, -0.2) is 32.2 Å². The number of carbonyl (C=O) groups excluding carboxylic acids is 1. The fourth-order valence-electron chi connectivity index (χ4n) is 2.91. The molecule has 28 heavy (non-hydrogen) atoms. The van der Waals surface area contributed by atoms with E-state index in [0.29, 0.717) is 28.6 Å². The first-order valence-corrected chi connectivity index (χ1v) is 9.22. The summed E-state index contributed by atoms with van der Waals surface area (Å²) >= 11 is 0. The minimum Gasteiger partial charge on any atom is -0.456 e. The summed E-state index contributed by atoms with van der Waals surface area (Å²) in [6.07, 6.45) is 5.24. The van der Waals surface area contributed by atoms with E-state index < -0.39 is 11.6 Å². The summed E-state index contributed by atoms with van der Waals surface area (Å²) in [5.74, 6) is -0.397. The average Bonchev–Trinajstić information content (AvgIpc) is 3.35. The summed E-state index contributed by atoms with van der Waals surface area (Å²) in [7, 11) is 0. The van der Waals surface area contributed by atoms with E-state index in [2.05, 4.69) is 21.5 Å². The molecule has 1 N–H and O–H groups in total. The summed E-state index contributed by atoms with van der Waals surface area (Å²) in [6.45, 7) is 5.53. The zero-order chi connectivity index (χ0) is 19.9. The number of rotatable bonds is 4. The summed E-state index contributed by atoms with van der Waals surface area (Å²) in [4.78, 5) is 17.1. The number of nitrogens with zero attached hydrogens (tertiary/aromatic N) is 4. The van der Waals surface area contributed by atoms with Gasteiger partial charge in [0, 0.05) is 12.2 Å². The molecule has 0 radical (unpaired) electrons. The molecular weight excluding hydrogens is 354 g/mol. The first-order valence-electron chi connectivity index (χ1n) is 9.22. The van der Waals surface area contributed by atoms with Gasteiger partial charge in [-0.2, -0.15) is 10.4 Å². The smallest absolute Gasteiger partial charge is 0.342 e. The maximum atomic E-state index is 12.6. The molecule has 7 nitrogen and oxygen atoms in total. The predicted octanol–water partition coefficient (Wildman–Crippen LogP) is 3.80. The fraction of sp³-hybridized carbons (Fsp3) is 0.333. The Morgan fingerprint density at radius 2 is 2.07 bits per heavy atom. The molecule has 7 heteroatoms. The summed E-state index contributed by atoms with van der Waals surface area (Å²) in [5.41, 5.74) is 3.34. The van der Waals surface area contributed by atoms with E-state index in [9.17, 15) is 4.79 Å². The molecule has 3 heterocycles. The Labute approximate surface area is 163 Å². The summed E-state index contributed by atoms with van der Waals surface area (Å²) < 4.78 is 7.26. The topological polar surface area (TPSA) is 92.3 Å². The van der Waals surface area contributed by atoms with Gasteiger partial charge in [0.25, 0.3) is 0 Å². The number of nitrogens with one attached hydrogen (secondary N) is 1. The molecule has 142 valence electrons. The molecule has 4 rings (SSSR count). The van der Waals surface area contributed by atoms with Gasteiger partial charge in [0.05, 0.1) is 34.4 Å². The Balaban J connectivity index is 1.74. The van der Waals surface area contributed by atoms with Crippen LogP contribution in [0.2, 0.25) is 0 Å². The van der Waals surface area contributed by atoms with Gasteiger partial charge in [-0.3, -0.25) is 4.98 Å². The molecule has 3 aromatic heterocycles. The van der Waals surface area contributed by atoms with Gasteiger partial charge < -0.3 is 10.1 Å². The third kappa shape index (κ3) is 3.67. The fourth-order valence-corrected chi connectivity index (χ4v) is 2.91. The summed E-state index contributed by atoms with van der Waals surface area (Å²) in [5, 5.41) is 16.8. The second-order valence-corrected chi connectivity index (χ2v) is 7.95. The lowest BCUT2D eigenvalue weighted by Crippen LogP contribution is -2.24. The van der Waals surface area contributed by atoms with Crippen molar-refractivity contribution in [2.75, 3.05) is 5.32 Å². The molecule has 0 atom stereocenters. The van der Waals surface area contributed by atoms with E-state index in [0.717, 1.165) is 24.1 Å². The van der Waals surface area contributed by atoms with Crippen molar-refractivity contribution >= 4 is 17.2 Å². The molecule has 0 unspecified atom stereocenters. The molecule has 0 bridgehead atoms. The molecule has 1 fully saturated rings. The van der Waals surface area contributed by atoms with Crippen LogP contribution in [0.3, 0.4) is 0 Å². The van der Waals surface area contributed by atoms with Gasteiger partial charge in [0.1, 0.15) is 17.2 Å². The summed E-state index contributed by atoms with van der Waals surface area (Å²) in [6, 6.07) is 9.89. The van der Waals surface area contributed by atoms with Crippen molar-refractivity contribution in [2.24, 2.45) is 0 Å². The Hall–Kier alpha value is -3.40. The number of pyridine rings is 1. The van der Waals surface area contributed by atoms with Gasteiger partial charge in [0.2, 0.25) is 0 Å². The third-order valence-corrected chi connectivity index (χ3v) is 4.35. The Bertz CT molecular complexity index is 1100. The van der Waals surface area contributed by atoms with E-state index in [1.54, 1.807) is 16.8 Å². The highest BCUT2D eigenvalue weighted by molar-refractivity contribution is 5.96. The SMILES string of the molecule is CC(C)(C)OC(=O)c1cnc(-c2ccc3cc(C#N)cnn23)cc1NC1CC1. The zero-order valence-corrected chi connectivity index (χ0v) is 16.1. The molecule has 0 aliphatic heterocycles. The molecule has 3 aromatic rings. The number of nitriles is 1. The third-order valence-electron chi connectivity index (χ3n) is 4.35. The quantitative estimate of drug-likeness (QED) is 0.697. The van der Waals surface area contributed by atoms with Gasteiger partial charge in [-0.1, -0.05) is 0 Å². The Morgan fingerprint density at radius 1 is 1.29 bits per heavy atom. The highest BCUT2D eigenvalue weighted by atomic mass is 16.6. The first kappa shape index (κ1) is 18.0. The number of hydrogen-bond donors (Lipinski definition) is 1. The highest BCUT2D eigenvalue weighted by Crippen LogP contribution is 2.31. The van der Waals surface area contributed by atoms with E-state index >= 15 is 0 Å². The molecular formula is C21H21N5O2. The van der Waals surface area contributed by atoms with Crippen molar-refractivity contribution in [1.29, 1.82) is 5.26 Å². The number of esters is 1. The molecule has 0 aromatic carbocycles. The number of hydrogen-bond acceptors (Lipinski definition) is 6. The van der Waals surface area contributed by atoms with Crippen molar-refractivity contribution in [3.8, 4) is 17.5 Å². The predicted molar refractivity (Wildman–Crippen MR) is 105 cm³/mol. The van der Waals surface area contributed by atoms with Crippen LogP contribution in [0.4, 0.5) is 5.69 Å². The van der Waals surface area contributed by atoms with Gasteiger partial charge in [-0.25, -0.2) is 9.31 Å². The largest absolute Gasteiger partial charge is 0.456 e. The number of ether oxygens (including phenoxy) is 1. The molecule has 0 saturated heterocycles. The lowest BCUT2D eigenvalue weighted by Gasteiger charge is -2.21.